The maximum absolute atomic E-state index is 12.9. The first-order chi connectivity index (χ1) is 16.9. The van der Waals surface area contributed by atoms with E-state index in [2.05, 4.69) is 5.32 Å². The van der Waals surface area contributed by atoms with Crippen LogP contribution in [0.2, 0.25) is 0 Å². The van der Waals surface area contributed by atoms with Gasteiger partial charge in [0.15, 0.2) is 0 Å². The molecule has 3 aromatic rings. The van der Waals surface area contributed by atoms with Gasteiger partial charge in [-0.15, -0.1) is 0 Å². The summed E-state index contributed by atoms with van der Waals surface area (Å²) in [6, 6.07) is 18.7. The SMILES string of the molecule is COc1ccc(C(=O)Nc2cccc(OC(=O)c3cccc(S(=O)(=O)N4CCOCC4)c3)c2)cc1. The number of anilines is 1. The number of morpholine rings is 1. The van der Waals surface area contributed by atoms with Crippen molar-refractivity contribution in [2.45, 2.75) is 4.90 Å². The second-order valence-electron chi connectivity index (χ2n) is 7.64. The number of ether oxygens (including phenoxy) is 3. The molecule has 0 aliphatic carbocycles. The Morgan fingerprint density at radius 3 is 2.31 bits per heavy atom. The molecule has 0 radical (unpaired) electrons. The van der Waals surface area contributed by atoms with Gasteiger partial charge >= 0.3 is 5.97 Å². The van der Waals surface area contributed by atoms with Gasteiger partial charge in [0.05, 0.1) is 30.8 Å². The molecule has 0 saturated carbocycles. The van der Waals surface area contributed by atoms with E-state index in [4.69, 9.17) is 14.2 Å². The zero-order chi connectivity index (χ0) is 24.8. The summed E-state index contributed by atoms with van der Waals surface area (Å²) < 4.78 is 42.9. The Morgan fingerprint density at radius 2 is 1.60 bits per heavy atom. The van der Waals surface area contributed by atoms with Crippen molar-refractivity contribution in [3.8, 4) is 11.5 Å². The maximum Gasteiger partial charge on any atom is 0.343 e. The fraction of sp³-hybridized carbons (Fsp3) is 0.200. The van der Waals surface area contributed by atoms with E-state index >= 15 is 0 Å². The van der Waals surface area contributed by atoms with E-state index in [-0.39, 0.29) is 35.2 Å². The number of hydrogen-bond acceptors (Lipinski definition) is 7. The van der Waals surface area contributed by atoms with Gasteiger partial charge in [-0.3, -0.25) is 4.79 Å². The molecule has 0 atom stereocenters. The zero-order valence-electron chi connectivity index (χ0n) is 19.0. The van der Waals surface area contributed by atoms with Crippen molar-refractivity contribution in [3.63, 3.8) is 0 Å². The number of rotatable bonds is 7. The highest BCUT2D eigenvalue weighted by molar-refractivity contribution is 7.89. The van der Waals surface area contributed by atoms with Gasteiger partial charge in [0, 0.05) is 30.4 Å². The van der Waals surface area contributed by atoms with Crippen LogP contribution in [0.25, 0.3) is 0 Å². The van der Waals surface area contributed by atoms with Gasteiger partial charge in [-0.2, -0.15) is 4.31 Å². The molecular formula is C25H24N2O7S. The molecule has 0 unspecified atom stereocenters. The maximum atomic E-state index is 12.9. The van der Waals surface area contributed by atoms with Crippen LogP contribution >= 0.6 is 0 Å². The average Bonchev–Trinajstić information content (AvgIpc) is 2.89. The molecule has 1 aliphatic rings. The van der Waals surface area contributed by atoms with Crippen molar-refractivity contribution in [2.24, 2.45) is 0 Å². The number of nitrogens with zero attached hydrogens (tertiary/aromatic N) is 1. The summed E-state index contributed by atoms with van der Waals surface area (Å²) in [4.78, 5) is 25.2. The molecule has 1 aliphatic heterocycles. The third-order valence-electron chi connectivity index (χ3n) is 5.33. The van der Waals surface area contributed by atoms with Crippen LogP contribution in [0.15, 0.2) is 77.7 Å². The van der Waals surface area contributed by atoms with Gasteiger partial charge in [0.25, 0.3) is 5.91 Å². The molecule has 35 heavy (non-hydrogen) atoms. The highest BCUT2D eigenvalue weighted by Gasteiger charge is 2.27. The van der Waals surface area contributed by atoms with Crippen LogP contribution in [0.3, 0.4) is 0 Å². The molecule has 1 N–H and O–H groups in total. The second kappa shape index (κ2) is 10.7. The average molecular weight is 497 g/mol. The van der Waals surface area contributed by atoms with E-state index in [1.54, 1.807) is 49.6 Å². The minimum absolute atomic E-state index is 0.00866. The molecule has 0 aromatic heterocycles. The minimum atomic E-state index is -3.75. The highest BCUT2D eigenvalue weighted by atomic mass is 32.2. The predicted molar refractivity (Wildman–Crippen MR) is 128 cm³/mol. The van der Waals surface area contributed by atoms with Gasteiger partial charge in [0.2, 0.25) is 10.0 Å². The van der Waals surface area contributed by atoms with Crippen LogP contribution in [-0.2, 0) is 14.8 Å². The lowest BCUT2D eigenvalue weighted by Crippen LogP contribution is -2.40. The summed E-state index contributed by atoms with van der Waals surface area (Å²) in [7, 11) is -2.21. The molecule has 1 heterocycles. The fourth-order valence-corrected chi connectivity index (χ4v) is 4.92. The summed E-state index contributed by atoms with van der Waals surface area (Å²) in [5, 5.41) is 2.75. The Morgan fingerprint density at radius 1 is 0.886 bits per heavy atom. The van der Waals surface area contributed by atoms with Crippen LogP contribution in [-0.4, -0.2) is 58.0 Å². The number of esters is 1. The van der Waals surface area contributed by atoms with Crippen LogP contribution in [0.5, 0.6) is 11.5 Å². The molecule has 1 saturated heterocycles. The lowest BCUT2D eigenvalue weighted by molar-refractivity contribution is 0.0727. The normalized spacial score (nSPS) is 14.2. The number of amides is 1. The molecule has 10 heteroatoms. The van der Waals surface area contributed by atoms with Crippen LogP contribution in [0.4, 0.5) is 5.69 Å². The number of sulfonamides is 1. The third-order valence-corrected chi connectivity index (χ3v) is 7.23. The highest BCUT2D eigenvalue weighted by Crippen LogP contribution is 2.22. The van der Waals surface area contributed by atoms with E-state index in [1.165, 1.54) is 34.6 Å². The summed E-state index contributed by atoms with van der Waals surface area (Å²) in [6.45, 7) is 1.16. The van der Waals surface area contributed by atoms with E-state index in [9.17, 15) is 18.0 Å². The lowest BCUT2D eigenvalue weighted by atomic mass is 10.2. The van der Waals surface area contributed by atoms with Crippen molar-refractivity contribution in [2.75, 3.05) is 38.7 Å². The van der Waals surface area contributed by atoms with Crippen molar-refractivity contribution in [1.29, 1.82) is 0 Å². The quantitative estimate of drug-likeness (QED) is 0.395. The molecule has 0 spiro atoms. The van der Waals surface area contributed by atoms with Crippen molar-refractivity contribution < 1.29 is 32.2 Å². The molecule has 9 nitrogen and oxygen atoms in total. The summed E-state index contributed by atoms with van der Waals surface area (Å²) in [5.41, 5.74) is 0.957. The Kier molecular flexibility index (Phi) is 7.45. The molecule has 1 amide bonds. The standard InChI is InChI=1S/C25H24N2O7S/c1-32-21-10-8-18(9-11-21)24(28)26-20-5-3-6-22(17-20)34-25(29)19-4-2-7-23(16-19)35(30,31)27-12-14-33-15-13-27/h2-11,16-17H,12-15H2,1H3,(H,26,28). The molecule has 3 aromatic carbocycles. The first kappa shape index (κ1) is 24.4. The van der Waals surface area contributed by atoms with E-state index in [1.807, 2.05) is 0 Å². The molecule has 1 fully saturated rings. The molecule has 0 bridgehead atoms. The number of nitrogens with one attached hydrogen (secondary N) is 1. The van der Waals surface area contributed by atoms with Crippen LogP contribution < -0.4 is 14.8 Å². The third kappa shape index (κ3) is 5.86. The fourth-order valence-electron chi connectivity index (χ4n) is 3.47. The van der Waals surface area contributed by atoms with Crippen molar-refractivity contribution in [1.82, 2.24) is 4.31 Å². The molecule has 182 valence electrons. The van der Waals surface area contributed by atoms with E-state index < -0.39 is 16.0 Å². The number of carbonyl (C=O) groups is 2. The van der Waals surface area contributed by atoms with Gasteiger partial charge < -0.3 is 19.5 Å². The van der Waals surface area contributed by atoms with Gasteiger partial charge in [-0.1, -0.05) is 12.1 Å². The van der Waals surface area contributed by atoms with Crippen LogP contribution in [0, 0.1) is 0 Å². The van der Waals surface area contributed by atoms with E-state index in [0.717, 1.165) is 0 Å². The molecule has 4 rings (SSSR count). The largest absolute Gasteiger partial charge is 0.497 e. The summed E-state index contributed by atoms with van der Waals surface area (Å²) in [5.74, 6) is -0.221. The second-order valence-corrected chi connectivity index (χ2v) is 9.58. The van der Waals surface area contributed by atoms with Gasteiger partial charge in [0.1, 0.15) is 11.5 Å². The van der Waals surface area contributed by atoms with Gasteiger partial charge in [-0.25, -0.2) is 13.2 Å². The topological polar surface area (TPSA) is 111 Å². The minimum Gasteiger partial charge on any atom is -0.497 e. The monoisotopic (exact) mass is 496 g/mol. The first-order valence-electron chi connectivity index (χ1n) is 10.8. The predicted octanol–water partition coefficient (Wildman–Crippen LogP) is 3.19. The van der Waals surface area contributed by atoms with Crippen molar-refractivity contribution >= 4 is 27.6 Å². The van der Waals surface area contributed by atoms with Gasteiger partial charge in [-0.05, 0) is 54.6 Å². The van der Waals surface area contributed by atoms with Crippen molar-refractivity contribution in [3.05, 3.63) is 83.9 Å². The first-order valence-corrected chi connectivity index (χ1v) is 12.3. The zero-order valence-corrected chi connectivity index (χ0v) is 19.8. The summed E-state index contributed by atoms with van der Waals surface area (Å²) >= 11 is 0. The molecular weight excluding hydrogens is 472 g/mol. The Bertz CT molecular complexity index is 1320. The number of carbonyl (C=O) groups excluding carboxylic acids is 2. The van der Waals surface area contributed by atoms with Crippen LogP contribution in [0.1, 0.15) is 20.7 Å². The van der Waals surface area contributed by atoms with E-state index in [0.29, 0.717) is 30.2 Å². The lowest BCUT2D eigenvalue weighted by Gasteiger charge is -2.26. The Hall–Kier alpha value is -3.73. The smallest absolute Gasteiger partial charge is 0.343 e. The number of methoxy groups -OCH3 is 1. The Labute approximate surface area is 203 Å². The Balaban J connectivity index is 1.45. The number of hydrogen-bond donors (Lipinski definition) is 1. The number of benzene rings is 3. The summed E-state index contributed by atoms with van der Waals surface area (Å²) in [6.07, 6.45) is 0.